The summed E-state index contributed by atoms with van der Waals surface area (Å²) in [6, 6.07) is 0. The van der Waals surface area contributed by atoms with Gasteiger partial charge in [0.05, 0.1) is 0 Å². The monoisotopic (exact) mass is 1060 g/mol. The van der Waals surface area contributed by atoms with E-state index >= 15 is 0 Å². The third-order valence-electron chi connectivity index (χ3n) is 15.0. The van der Waals surface area contributed by atoms with E-state index in [1.54, 1.807) is 0 Å². The molecule has 0 saturated carbocycles. The van der Waals surface area contributed by atoms with Crippen molar-refractivity contribution in [2.75, 3.05) is 13.2 Å². The first-order chi connectivity index (χ1) is 37.5. The molecule has 0 radical (unpaired) electrons. The van der Waals surface area contributed by atoms with Crippen molar-refractivity contribution < 1.29 is 28.6 Å². The Morgan fingerprint density at radius 2 is 0.474 bits per heavy atom. The van der Waals surface area contributed by atoms with E-state index in [0.717, 1.165) is 70.6 Å². The van der Waals surface area contributed by atoms with Crippen LogP contribution in [0.3, 0.4) is 0 Å². The third kappa shape index (κ3) is 62.2. The molecule has 0 aromatic carbocycles. The van der Waals surface area contributed by atoms with Gasteiger partial charge in [-0.3, -0.25) is 14.4 Å². The highest BCUT2D eigenvalue weighted by Crippen LogP contribution is 2.17. The minimum atomic E-state index is -0.779. The molecular formula is C70H128O6. The van der Waals surface area contributed by atoms with Gasteiger partial charge >= 0.3 is 17.9 Å². The molecule has 444 valence electrons. The predicted octanol–water partition coefficient (Wildman–Crippen LogP) is 22.9. The van der Waals surface area contributed by atoms with Gasteiger partial charge in [0.1, 0.15) is 13.2 Å². The van der Waals surface area contributed by atoms with Crippen LogP contribution in [0.5, 0.6) is 0 Å². The van der Waals surface area contributed by atoms with E-state index in [4.69, 9.17) is 14.2 Å². The molecule has 0 aromatic heterocycles. The number of hydrogen-bond donors (Lipinski definition) is 0. The molecule has 0 rings (SSSR count). The number of carbonyl (C=O) groups is 3. The summed E-state index contributed by atoms with van der Waals surface area (Å²) in [5.74, 6) is -0.865. The lowest BCUT2D eigenvalue weighted by Crippen LogP contribution is -2.30. The fraction of sp³-hybridized carbons (Fsp3) is 0.843. The molecule has 0 aliphatic rings. The second-order valence-electron chi connectivity index (χ2n) is 22.7. The zero-order valence-electron chi connectivity index (χ0n) is 51.0. The molecule has 1 atom stereocenters. The van der Waals surface area contributed by atoms with Crippen LogP contribution in [-0.2, 0) is 28.6 Å². The van der Waals surface area contributed by atoms with Gasteiger partial charge in [-0.15, -0.1) is 0 Å². The Morgan fingerprint density at radius 3 is 0.737 bits per heavy atom. The van der Waals surface area contributed by atoms with Crippen molar-refractivity contribution in [3.8, 4) is 0 Å². The number of carbonyl (C=O) groups excluding carboxylic acids is 3. The van der Waals surface area contributed by atoms with Gasteiger partial charge in [0.15, 0.2) is 6.10 Å². The minimum Gasteiger partial charge on any atom is -0.462 e. The Labute approximate surface area is 473 Å². The molecule has 0 spiro atoms. The van der Waals surface area contributed by atoms with Gasteiger partial charge in [0.25, 0.3) is 0 Å². The van der Waals surface area contributed by atoms with Crippen LogP contribution in [0, 0.1) is 0 Å². The van der Waals surface area contributed by atoms with Crippen molar-refractivity contribution in [1.82, 2.24) is 0 Å². The van der Waals surface area contributed by atoms with Gasteiger partial charge in [-0.05, 0) is 103 Å². The highest BCUT2D eigenvalue weighted by atomic mass is 16.6. The first-order valence-electron chi connectivity index (χ1n) is 33.6. The molecule has 0 N–H and O–H groups in total. The van der Waals surface area contributed by atoms with E-state index in [-0.39, 0.29) is 31.1 Å². The van der Waals surface area contributed by atoms with Crippen LogP contribution in [-0.4, -0.2) is 37.2 Å². The summed E-state index contributed by atoms with van der Waals surface area (Å²) in [5, 5.41) is 0. The molecule has 6 heteroatoms. The third-order valence-corrected chi connectivity index (χ3v) is 15.0. The standard InChI is InChI=1S/C70H128O6/c1-4-7-10-13-16-19-22-25-28-31-33-34-35-36-38-39-42-45-48-51-54-57-60-63-69(72)75-66-67(65-74-68(71)62-59-56-53-50-47-44-41-30-27-24-21-18-15-12-9-6-3)76-70(73)64-61-58-55-52-49-46-43-40-37-32-29-26-23-20-17-14-11-8-5-2/h22,25-26,29-31,33,41,67H,4-21,23-24,27-28,32,34-40,42-66H2,1-3H3/b25-22-,29-26-,33-31-,41-30-. The Kier molecular flexibility index (Phi) is 62.6. The normalized spacial score (nSPS) is 12.3. The Morgan fingerprint density at radius 1 is 0.263 bits per heavy atom. The molecule has 0 amide bonds. The first kappa shape index (κ1) is 73.4. The number of hydrogen-bond acceptors (Lipinski definition) is 6. The Bertz CT molecular complexity index is 1310. The zero-order chi connectivity index (χ0) is 55.0. The molecule has 0 aliphatic carbocycles. The molecule has 0 bridgehead atoms. The van der Waals surface area contributed by atoms with Crippen LogP contribution in [0.4, 0.5) is 0 Å². The second-order valence-corrected chi connectivity index (χ2v) is 22.7. The average molecular weight is 1070 g/mol. The molecule has 0 fully saturated rings. The topological polar surface area (TPSA) is 78.9 Å². The maximum atomic E-state index is 12.9. The molecule has 0 aliphatic heterocycles. The number of ether oxygens (including phenoxy) is 3. The highest BCUT2D eigenvalue weighted by Gasteiger charge is 2.19. The highest BCUT2D eigenvalue weighted by molar-refractivity contribution is 5.71. The van der Waals surface area contributed by atoms with Gasteiger partial charge in [0, 0.05) is 19.3 Å². The summed E-state index contributed by atoms with van der Waals surface area (Å²) in [6.07, 6.45) is 81.2. The molecule has 0 heterocycles. The maximum absolute atomic E-state index is 12.9. The van der Waals surface area contributed by atoms with Crippen LogP contribution in [0.2, 0.25) is 0 Å². The zero-order valence-corrected chi connectivity index (χ0v) is 51.0. The fourth-order valence-corrected chi connectivity index (χ4v) is 9.94. The van der Waals surface area contributed by atoms with Gasteiger partial charge in [-0.2, -0.15) is 0 Å². The molecule has 0 saturated heterocycles. The summed E-state index contributed by atoms with van der Waals surface area (Å²) in [4.78, 5) is 38.4. The molecule has 0 aromatic rings. The Balaban J connectivity index is 4.33. The largest absolute Gasteiger partial charge is 0.462 e. The van der Waals surface area contributed by atoms with Crippen molar-refractivity contribution in [2.24, 2.45) is 0 Å². The molecule has 6 nitrogen and oxygen atoms in total. The van der Waals surface area contributed by atoms with E-state index in [0.29, 0.717) is 19.3 Å². The number of esters is 3. The Hall–Kier alpha value is -2.63. The molecular weight excluding hydrogens is 937 g/mol. The van der Waals surface area contributed by atoms with Crippen LogP contribution in [0.1, 0.15) is 361 Å². The van der Waals surface area contributed by atoms with Crippen LogP contribution < -0.4 is 0 Å². The quantitative estimate of drug-likeness (QED) is 0.0261. The van der Waals surface area contributed by atoms with E-state index in [2.05, 4.69) is 69.4 Å². The number of rotatable bonds is 62. The lowest BCUT2D eigenvalue weighted by atomic mass is 10.0. The van der Waals surface area contributed by atoms with Gasteiger partial charge < -0.3 is 14.2 Å². The first-order valence-corrected chi connectivity index (χ1v) is 33.6. The molecule has 1 unspecified atom stereocenters. The van der Waals surface area contributed by atoms with Crippen molar-refractivity contribution in [3.05, 3.63) is 48.6 Å². The lowest BCUT2D eigenvalue weighted by Gasteiger charge is -2.18. The summed E-state index contributed by atoms with van der Waals surface area (Å²) < 4.78 is 17.0. The van der Waals surface area contributed by atoms with Crippen LogP contribution in [0.15, 0.2) is 48.6 Å². The van der Waals surface area contributed by atoms with Gasteiger partial charge in [0.2, 0.25) is 0 Å². The van der Waals surface area contributed by atoms with Crippen molar-refractivity contribution in [2.45, 2.75) is 367 Å². The smallest absolute Gasteiger partial charge is 0.306 e. The van der Waals surface area contributed by atoms with Crippen molar-refractivity contribution in [1.29, 1.82) is 0 Å². The van der Waals surface area contributed by atoms with E-state index < -0.39 is 6.10 Å². The summed E-state index contributed by atoms with van der Waals surface area (Å²) in [5.41, 5.74) is 0. The minimum absolute atomic E-state index is 0.0749. The lowest BCUT2D eigenvalue weighted by molar-refractivity contribution is -0.167. The van der Waals surface area contributed by atoms with Gasteiger partial charge in [-0.25, -0.2) is 0 Å². The van der Waals surface area contributed by atoms with E-state index in [1.807, 2.05) is 0 Å². The van der Waals surface area contributed by atoms with Crippen LogP contribution >= 0.6 is 0 Å². The number of allylic oxidation sites excluding steroid dienone is 8. The van der Waals surface area contributed by atoms with Crippen molar-refractivity contribution in [3.63, 3.8) is 0 Å². The van der Waals surface area contributed by atoms with Crippen LogP contribution in [0.25, 0.3) is 0 Å². The fourth-order valence-electron chi connectivity index (χ4n) is 9.94. The molecule has 76 heavy (non-hydrogen) atoms. The average Bonchev–Trinajstić information content (AvgIpc) is 3.42. The SMILES string of the molecule is CCCCCCC/C=C\C/C=C\CCCCCCCCCCCCCC(=O)OCC(COC(=O)CCCCCCC/C=C\CCCCCCCCC)OC(=O)CCCCCCCCCCC/C=C\CCCCCCCC. The maximum Gasteiger partial charge on any atom is 0.306 e. The second kappa shape index (κ2) is 64.9. The van der Waals surface area contributed by atoms with Gasteiger partial charge in [-0.1, -0.05) is 288 Å². The number of unbranched alkanes of at least 4 members (excludes halogenated alkanes) is 43. The van der Waals surface area contributed by atoms with E-state index in [9.17, 15) is 14.4 Å². The van der Waals surface area contributed by atoms with Crippen molar-refractivity contribution >= 4 is 17.9 Å². The summed E-state index contributed by atoms with van der Waals surface area (Å²) in [6.45, 7) is 6.67. The summed E-state index contributed by atoms with van der Waals surface area (Å²) in [7, 11) is 0. The summed E-state index contributed by atoms with van der Waals surface area (Å²) >= 11 is 0. The van der Waals surface area contributed by atoms with E-state index in [1.165, 1.54) is 250 Å². The predicted molar refractivity (Wildman–Crippen MR) is 330 cm³/mol.